The maximum Gasteiger partial charge on any atom is 0.311 e. The first-order valence-corrected chi connectivity index (χ1v) is 7.29. The number of amides is 1. The second-order valence-corrected chi connectivity index (χ2v) is 5.40. The molecular weight excluding hydrogens is 270 g/mol. The third kappa shape index (κ3) is 3.01. The number of carbonyl (C=O) groups excluding carboxylic acids is 1. The first-order valence-electron chi connectivity index (χ1n) is 7.29. The fourth-order valence-electron chi connectivity index (χ4n) is 2.56. The number of carboxylic acid groups (broad SMARTS) is 1. The van der Waals surface area contributed by atoms with Crippen LogP contribution in [0.3, 0.4) is 0 Å². The Labute approximate surface area is 124 Å². The van der Waals surface area contributed by atoms with E-state index in [2.05, 4.69) is 5.32 Å². The molecule has 0 spiro atoms. The van der Waals surface area contributed by atoms with E-state index in [1.54, 1.807) is 12.1 Å². The first-order chi connectivity index (χ1) is 10.0. The van der Waals surface area contributed by atoms with E-state index in [0.29, 0.717) is 25.0 Å². The summed E-state index contributed by atoms with van der Waals surface area (Å²) in [6.45, 7) is 4.45. The van der Waals surface area contributed by atoms with E-state index in [4.69, 9.17) is 4.74 Å². The molecule has 0 unspecified atom stereocenters. The van der Waals surface area contributed by atoms with Crippen LogP contribution in [0.2, 0.25) is 0 Å². The van der Waals surface area contributed by atoms with Crippen molar-refractivity contribution < 1.29 is 19.4 Å². The van der Waals surface area contributed by atoms with Crippen molar-refractivity contribution in [1.82, 2.24) is 5.32 Å². The summed E-state index contributed by atoms with van der Waals surface area (Å²) in [7, 11) is 0. The average Bonchev–Trinajstić information content (AvgIpc) is 2.95. The monoisotopic (exact) mass is 291 g/mol. The van der Waals surface area contributed by atoms with E-state index < -0.39 is 11.4 Å². The number of benzene rings is 1. The lowest BCUT2D eigenvalue weighted by Crippen LogP contribution is -2.42. The number of hydrogen-bond acceptors (Lipinski definition) is 3. The van der Waals surface area contributed by atoms with Gasteiger partial charge in [0.15, 0.2) is 0 Å². The molecule has 21 heavy (non-hydrogen) atoms. The second kappa shape index (κ2) is 6.16. The second-order valence-electron chi connectivity index (χ2n) is 5.40. The predicted molar refractivity (Wildman–Crippen MR) is 78.6 cm³/mol. The third-order valence-corrected chi connectivity index (χ3v) is 4.35. The molecule has 1 aliphatic heterocycles. The number of rotatable bonds is 6. The molecule has 114 valence electrons. The van der Waals surface area contributed by atoms with Crippen molar-refractivity contribution in [2.24, 2.45) is 5.41 Å². The highest BCUT2D eigenvalue weighted by atomic mass is 16.5. The maximum atomic E-state index is 12.2. The molecule has 5 nitrogen and oxygen atoms in total. The van der Waals surface area contributed by atoms with Crippen LogP contribution in [0, 0.1) is 5.41 Å². The smallest absolute Gasteiger partial charge is 0.311 e. The van der Waals surface area contributed by atoms with Gasteiger partial charge < -0.3 is 15.2 Å². The van der Waals surface area contributed by atoms with Gasteiger partial charge in [-0.15, -0.1) is 0 Å². The summed E-state index contributed by atoms with van der Waals surface area (Å²) in [5.41, 5.74) is 0.680. The zero-order valence-electron chi connectivity index (χ0n) is 12.4. The van der Waals surface area contributed by atoms with Crippen molar-refractivity contribution in [2.75, 3.05) is 13.2 Å². The summed E-state index contributed by atoms with van der Waals surface area (Å²) in [6.07, 6.45) is 1.77. The highest BCUT2D eigenvalue weighted by molar-refractivity contribution is 5.95. The van der Waals surface area contributed by atoms with Crippen molar-refractivity contribution in [3.63, 3.8) is 0 Å². The SMILES string of the molecule is CCC(CC)(CNC(=O)c1ccc2c(c1)CCO2)C(=O)O. The number of carboxylic acids is 1. The molecule has 1 aromatic rings. The molecule has 0 saturated carbocycles. The van der Waals surface area contributed by atoms with Gasteiger partial charge in [-0.05, 0) is 36.6 Å². The molecule has 1 aromatic carbocycles. The quantitative estimate of drug-likeness (QED) is 0.843. The fourth-order valence-corrected chi connectivity index (χ4v) is 2.56. The summed E-state index contributed by atoms with van der Waals surface area (Å²) < 4.78 is 5.40. The van der Waals surface area contributed by atoms with Gasteiger partial charge in [-0.1, -0.05) is 13.8 Å². The zero-order chi connectivity index (χ0) is 15.5. The Kier molecular flexibility index (Phi) is 4.50. The number of aliphatic carboxylic acids is 1. The highest BCUT2D eigenvalue weighted by Gasteiger charge is 2.35. The van der Waals surface area contributed by atoms with Gasteiger partial charge in [-0.25, -0.2) is 0 Å². The lowest BCUT2D eigenvalue weighted by Gasteiger charge is -2.26. The highest BCUT2D eigenvalue weighted by Crippen LogP contribution is 2.27. The molecule has 1 amide bonds. The van der Waals surface area contributed by atoms with E-state index in [1.807, 2.05) is 19.9 Å². The Morgan fingerprint density at radius 1 is 1.33 bits per heavy atom. The van der Waals surface area contributed by atoms with E-state index in [1.165, 1.54) is 0 Å². The van der Waals surface area contributed by atoms with Crippen LogP contribution >= 0.6 is 0 Å². The number of nitrogens with one attached hydrogen (secondary N) is 1. The van der Waals surface area contributed by atoms with Gasteiger partial charge in [-0.3, -0.25) is 9.59 Å². The van der Waals surface area contributed by atoms with Gasteiger partial charge in [0.25, 0.3) is 5.91 Å². The van der Waals surface area contributed by atoms with Crippen LogP contribution in [0.4, 0.5) is 0 Å². The topological polar surface area (TPSA) is 75.6 Å². The van der Waals surface area contributed by atoms with Crippen LogP contribution in [0.15, 0.2) is 18.2 Å². The van der Waals surface area contributed by atoms with Crippen LogP contribution in [-0.2, 0) is 11.2 Å². The number of carbonyl (C=O) groups is 2. The molecule has 0 fully saturated rings. The van der Waals surface area contributed by atoms with Crippen molar-refractivity contribution in [3.8, 4) is 5.75 Å². The summed E-state index contributed by atoms with van der Waals surface area (Å²) in [6, 6.07) is 5.32. The van der Waals surface area contributed by atoms with E-state index >= 15 is 0 Å². The van der Waals surface area contributed by atoms with E-state index in [0.717, 1.165) is 17.7 Å². The largest absolute Gasteiger partial charge is 0.493 e. The lowest BCUT2D eigenvalue weighted by molar-refractivity contribution is -0.149. The molecule has 0 bridgehead atoms. The van der Waals surface area contributed by atoms with E-state index in [-0.39, 0.29) is 12.5 Å². The summed E-state index contributed by atoms with van der Waals surface area (Å²) in [5.74, 6) is -0.277. The Hall–Kier alpha value is -2.04. The molecule has 1 heterocycles. The number of hydrogen-bond donors (Lipinski definition) is 2. The molecule has 0 atom stereocenters. The lowest BCUT2D eigenvalue weighted by atomic mass is 9.82. The number of ether oxygens (including phenoxy) is 1. The molecule has 0 radical (unpaired) electrons. The van der Waals surface area contributed by atoms with Crippen LogP contribution in [0.25, 0.3) is 0 Å². The Morgan fingerprint density at radius 2 is 2.05 bits per heavy atom. The fraction of sp³-hybridized carbons (Fsp3) is 0.500. The van der Waals surface area contributed by atoms with Crippen molar-refractivity contribution in [2.45, 2.75) is 33.1 Å². The molecular formula is C16H21NO4. The molecule has 2 rings (SSSR count). The number of fused-ring (bicyclic) bond motifs is 1. The Balaban J connectivity index is 2.06. The van der Waals surface area contributed by atoms with Crippen LogP contribution in [0.5, 0.6) is 5.75 Å². The minimum absolute atomic E-state index is 0.141. The Morgan fingerprint density at radius 3 is 2.67 bits per heavy atom. The van der Waals surface area contributed by atoms with Gasteiger partial charge in [-0.2, -0.15) is 0 Å². The molecule has 2 N–H and O–H groups in total. The molecule has 0 aliphatic carbocycles. The minimum Gasteiger partial charge on any atom is -0.493 e. The summed E-state index contributed by atoms with van der Waals surface area (Å²) in [5, 5.41) is 12.1. The predicted octanol–water partition coefficient (Wildman–Crippen LogP) is 2.24. The summed E-state index contributed by atoms with van der Waals surface area (Å²) >= 11 is 0. The van der Waals surface area contributed by atoms with Crippen molar-refractivity contribution in [3.05, 3.63) is 29.3 Å². The summed E-state index contributed by atoms with van der Waals surface area (Å²) in [4.78, 5) is 23.6. The van der Waals surface area contributed by atoms with Crippen LogP contribution in [-0.4, -0.2) is 30.1 Å². The average molecular weight is 291 g/mol. The van der Waals surface area contributed by atoms with Gasteiger partial charge in [0.05, 0.1) is 12.0 Å². The van der Waals surface area contributed by atoms with Gasteiger partial charge >= 0.3 is 5.97 Å². The molecule has 1 aliphatic rings. The minimum atomic E-state index is -0.893. The van der Waals surface area contributed by atoms with Crippen molar-refractivity contribution >= 4 is 11.9 Å². The van der Waals surface area contributed by atoms with Crippen LogP contribution < -0.4 is 10.1 Å². The molecule has 0 saturated heterocycles. The van der Waals surface area contributed by atoms with Gasteiger partial charge in [0, 0.05) is 18.5 Å². The maximum absolute atomic E-state index is 12.2. The van der Waals surface area contributed by atoms with E-state index in [9.17, 15) is 14.7 Å². The van der Waals surface area contributed by atoms with Crippen molar-refractivity contribution in [1.29, 1.82) is 0 Å². The third-order valence-electron chi connectivity index (χ3n) is 4.35. The zero-order valence-corrected chi connectivity index (χ0v) is 12.4. The first kappa shape index (κ1) is 15.4. The van der Waals surface area contributed by atoms with Gasteiger partial charge in [0.1, 0.15) is 5.75 Å². The van der Waals surface area contributed by atoms with Gasteiger partial charge in [0.2, 0.25) is 0 Å². The standard InChI is InChI=1S/C16H21NO4/c1-3-16(4-2,15(19)20)10-17-14(18)12-5-6-13-11(9-12)7-8-21-13/h5-6,9H,3-4,7-8,10H2,1-2H3,(H,17,18)(H,19,20). The Bertz CT molecular complexity index is 549. The van der Waals surface area contributed by atoms with Crippen LogP contribution in [0.1, 0.15) is 42.6 Å². The molecule has 0 aromatic heterocycles. The molecule has 5 heteroatoms. The normalized spacial score (nSPS) is 13.4.